The highest BCUT2D eigenvalue weighted by molar-refractivity contribution is 6.00. The third-order valence-electron chi connectivity index (χ3n) is 7.10. The molecule has 0 spiro atoms. The van der Waals surface area contributed by atoms with Crippen LogP contribution >= 0.6 is 0 Å². The van der Waals surface area contributed by atoms with E-state index < -0.39 is 6.03 Å². The van der Waals surface area contributed by atoms with E-state index in [0.29, 0.717) is 46.7 Å². The average molecular weight is 568 g/mol. The van der Waals surface area contributed by atoms with Crippen molar-refractivity contribution in [2.24, 2.45) is 5.92 Å². The molecule has 1 aliphatic heterocycles. The Morgan fingerprint density at radius 1 is 0.976 bits per heavy atom. The minimum atomic E-state index is -0.460. The van der Waals surface area contributed by atoms with Crippen LogP contribution in [0.4, 0.5) is 16.3 Å². The van der Waals surface area contributed by atoms with E-state index in [-0.39, 0.29) is 11.3 Å². The van der Waals surface area contributed by atoms with Crippen LogP contribution < -0.4 is 26.0 Å². The Balaban J connectivity index is 1.34. The van der Waals surface area contributed by atoms with Gasteiger partial charge in [-0.1, -0.05) is 39.0 Å². The predicted molar refractivity (Wildman–Crippen MR) is 164 cm³/mol. The molecule has 10 nitrogen and oxygen atoms in total. The van der Waals surface area contributed by atoms with Crippen molar-refractivity contribution in [3.63, 3.8) is 0 Å². The third kappa shape index (κ3) is 7.32. The van der Waals surface area contributed by atoms with Gasteiger partial charge in [-0.25, -0.2) is 9.48 Å². The summed E-state index contributed by atoms with van der Waals surface area (Å²) in [6.45, 7) is 8.79. The van der Waals surface area contributed by atoms with Gasteiger partial charge in [0, 0.05) is 36.0 Å². The number of piperidine rings is 1. The number of nitrogens with one attached hydrogen (secondary N) is 4. The summed E-state index contributed by atoms with van der Waals surface area (Å²) >= 11 is 0. The number of ether oxygens (including phenoxy) is 1. The first-order valence-electron chi connectivity index (χ1n) is 14.2. The quantitative estimate of drug-likeness (QED) is 0.216. The first-order valence-corrected chi connectivity index (χ1v) is 14.2. The van der Waals surface area contributed by atoms with E-state index in [1.54, 1.807) is 53.5 Å². The summed E-state index contributed by atoms with van der Waals surface area (Å²) < 4.78 is 7.61. The summed E-state index contributed by atoms with van der Waals surface area (Å²) in [5.41, 5.74) is 2.22. The van der Waals surface area contributed by atoms with Crippen molar-refractivity contribution < 1.29 is 14.3 Å². The van der Waals surface area contributed by atoms with Crippen LogP contribution in [0.3, 0.4) is 0 Å². The van der Waals surface area contributed by atoms with Gasteiger partial charge in [0.2, 0.25) is 0 Å². The molecule has 4 aromatic rings. The second-order valence-electron chi connectivity index (χ2n) is 11.4. The number of carbonyl (C=O) groups is 2. The lowest BCUT2D eigenvalue weighted by atomic mass is 9.92. The third-order valence-corrected chi connectivity index (χ3v) is 7.10. The zero-order chi connectivity index (χ0) is 29.5. The first kappa shape index (κ1) is 28.8. The van der Waals surface area contributed by atoms with Crippen LogP contribution in [-0.2, 0) is 5.41 Å². The average Bonchev–Trinajstić information content (AvgIpc) is 3.42. The molecule has 2 aromatic heterocycles. The minimum absolute atomic E-state index is 0.128. The second kappa shape index (κ2) is 12.9. The lowest BCUT2D eigenvalue weighted by Gasteiger charge is -2.22. The van der Waals surface area contributed by atoms with E-state index in [1.807, 2.05) is 30.3 Å². The van der Waals surface area contributed by atoms with Gasteiger partial charge in [0.05, 0.1) is 17.1 Å². The molecule has 0 radical (unpaired) electrons. The largest absolute Gasteiger partial charge is 0.455 e. The van der Waals surface area contributed by atoms with Crippen molar-refractivity contribution in [3.05, 3.63) is 90.4 Å². The van der Waals surface area contributed by atoms with E-state index >= 15 is 0 Å². The SMILES string of the molecule is CC(C)(C)c1cc(NC(=O)Nc2ccccc2Oc2ccncc2)n(-c2cccc(C(=O)NCC3CCNCC3)c2)n1. The first-order chi connectivity index (χ1) is 20.3. The molecular formula is C32H37N7O3. The number of anilines is 2. The Morgan fingerprint density at radius 3 is 2.50 bits per heavy atom. The molecule has 4 N–H and O–H groups in total. The molecule has 0 saturated carbocycles. The lowest BCUT2D eigenvalue weighted by molar-refractivity contribution is 0.0944. The second-order valence-corrected chi connectivity index (χ2v) is 11.4. The Morgan fingerprint density at radius 2 is 1.74 bits per heavy atom. The van der Waals surface area contributed by atoms with E-state index in [4.69, 9.17) is 9.84 Å². The van der Waals surface area contributed by atoms with Crippen molar-refractivity contribution >= 4 is 23.4 Å². The van der Waals surface area contributed by atoms with Gasteiger partial charge in [0.1, 0.15) is 11.6 Å². The fourth-order valence-electron chi connectivity index (χ4n) is 4.70. The van der Waals surface area contributed by atoms with Crippen molar-refractivity contribution in [2.45, 2.75) is 39.0 Å². The molecule has 0 aliphatic carbocycles. The van der Waals surface area contributed by atoms with Gasteiger partial charge < -0.3 is 20.7 Å². The number of benzene rings is 2. The van der Waals surface area contributed by atoms with Crippen LogP contribution in [0.25, 0.3) is 5.69 Å². The van der Waals surface area contributed by atoms with Gasteiger partial charge in [-0.3, -0.25) is 15.1 Å². The summed E-state index contributed by atoms with van der Waals surface area (Å²) in [6, 6.07) is 19.3. The van der Waals surface area contributed by atoms with Gasteiger partial charge in [0.25, 0.3) is 5.91 Å². The highest BCUT2D eigenvalue weighted by Crippen LogP contribution is 2.30. The summed E-state index contributed by atoms with van der Waals surface area (Å²) in [5.74, 6) is 1.92. The number of amides is 3. The maximum absolute atomic E-state index is 13.2. The smallest absolute Gasteiger partial charge is 0.324 e. The molecule has 42 heavy (non-hydrogen) atoms. The minimum Gasteiger partial charge on any atom is -0.455 e. The molecule has 10 heteroatoms. The standard InChI is InChI=1S/C32H37N7O3/c1-32(2,3)28-20-29(37-31(41)36-26-9-4-5-10-27(26)42-25-13-17-34-18-14-25)39(38-28)24-8-6-7-23(19-24)30(40)35-21-22-11-15-33-16-12-22/h4-10,13-14,17-20,22,33H,11-12,15-16,21H2,1-3H3,(H,35,40)(H2,36,37,41). The maximum atomic E-state index is 13.2. The zero-order valence-electron chi connectivity index (χ0n) is 24.2. The highest BCUT2D eigenvalue weighted by Gasteiger charge is 2.23. The number of rotatable bonds is 8. The van der Waals surface area contributed by atoms with Crippen molar-refractivity contribution in [3.8, 4) is 17.2 Å². The van der Waals surface area contributed by atoms with E-state index in [1.165, 1.54) is 0 Å². The molecule has 3 amide bonds. The number of pyridine rings is 1. The fourth-order valence-corrected chi connectivity index (χ4v) is 4.70. The Hall–Kier alpha value is -4.70. The molecule has 1 saturated heterocycles. The number of urea groups is 1. The Labute approximate surface area is 245 Å². The van der Waals surface area contributed by atoms with Gasteiger partial charge in [0.15, 0.2) is 5.75 Å². The number of hydrogen-bond acceptors (Lipinski definition) is 6. The van der Waals surface area contributed by atoms with Crippen LogP contribution in [0, 0.1) is 5.92 Å². The lowest BCUT2D eigenvalue weighted by Crippen LogP contribution is -2.36. The predicted octanol–water partition coefficient (Wildman–Crippen LogP) is 5.73. The Kier molecular flexibility index (Phi) is 8.83. The fraction of sp³-hybridized carbons (Fsp3) is 0.312. The van der Waals surface area contributed by atoms with E-state index in [9.17, 15) is 9.59 Å². The summed E-state index contributed by atoms with van der Waals surface area (Å²) in [6.07, 6.45) is 5.39. The van der Waals surface area contributed by atoms with Crippen molar-refractivity contribution in [1.29, 1.82) is 0 Å². The monoisotopic (exact) mass is 567 g/mol. The molecule has 1 fully saturated rings. The molecule has 0 unspecified atom stereocenters. The normalized spacial score (nSPS) is 13.8. The molecule has 3 heterocycles. The number of carbonyl (C=O) groups excluding carboxylic acids is 2. The highest BCUT2D eigenvalue weighted by atomic mass is 16.5. The zero-order valence-corrected chi connectivity index (χ0v) is 24.2. The summed E-state index contributed by atoms with van der Waals surface area (Å²) in [7, 11) is 0. The van der Waals surface area contributed by atoms with Crippen LogP contribution in [0.2, 0.25) is 0 Å². The number of hydrogen-bond donors (Lipinski definition) is 4. The summed E-state index contributed by atoms with van der Waals surface area (Å²) in [4.78, 5) is 30.3. The van der Waals surface area contributed by atoms with Crippen molar-refractivity contribution in [1.82, 2.24) is 25.4 Å². The molecule has 218 valence electrons. The molecular weight excluding hydrogens is 530 g/mol. The Bertz CT molecular complexity index is 1520. The maximum Gasteiger partial charge on any atom is 0.324 e. The van der Waals surface area contributed by atoms with Crippen LogP contribution in [-0.4, -0.2) is 46.3 Å². The molecule has 0 atom stereocenters. The van der Waals surface area contributed by atoms with E-state index in [0.717, 1.165) is 31.6 Å². The molecule has 1 aliphatic rings. The van der Waals surface area contributed by atoms with Gasteiger partial charge in [-0.05, 0) is 74.3 Å². The van der Waals surface area contributed by atoms with Crippen molar-refractivity contribution in [2.75, 3.05) is 30.3 Å². The van der Waals surface area contributed by atoms with Gasteiger partial charge in [-0.15, -0.1) is 0 Å². The summed E-state index contributed by atoms with van der Waals surface area (Å²) in [5, 5.41) is 17.1. The number of aromatic nitrogens is 3. The van der Waals surface area contributed by atoms with Crippen LogP contribution in [0.15, 0.2) is 79.1 Å². The molecule has 5 rings (SSSR count). The van der Waals surface area contributed by atoms with Gasteiger partial charge in [-0.2, -0.15) is 5.10 Å². The van der Waals surface area contributed by atoms with Gasteiger partial charge >= 0.3 is 6.03 Å². The molecule has 0 bridgehead atoms. The topological polar surface area (TPSA) is 122 Å². The number of nitrogens with zero attached hydrogens (tertiary/aromatic N) is 3. The van der Waals surface area contributed by atoms with Crippen LogP contribution in [0.5, 0.6) is 11.5 Å². The number of para-hydroxylation sites is 2. The molecule has 2 aromatic carbocycles. The van der Waals surface area contributed by atoms with E-state index in [2.05, 4.69) is 47.0 Å². The van der Waals surface area contributed by atoms with Crippen LogP contribution in [0.1, 0.15) is 49.7 Å².